The van der Waals surface area contributed by atoms with Gasteiger partial charge >= 0.3 is 12.1 Å². The molecule has 6 nitrogen and oxygen atoms in total. The van der Waals surface area contributed by atoms with E-state index in [4.69, 9.17) is 32.7 Å². The number of carbonyl (C=O) groups excluding carboxylic acids is 1. The Kier molecular flexibility index (Phi) is 6.10. The SMILES string of the molecule is CC(C)(C)OC(=O)N1CCO[C@H](c2ccc(Cl)c(Cl)c2)[C@](C)(C(=O)O)C1. The summed E-state index contributed by atoms with van der Waals surface area (Å²) in [6.45, 7) is 7.17. The Labute approximate surface area is 163 Å². The van der Waals surface area contributed by atoms with E-state index in [-0.39, 0.29) is 19.7 Å². The van der Waals surface area contributed by atoms with Crippen LogP contribution in [0.15, 0.2) is 18.2 Å². The summed E-state index contributed by atoms with van der Waals surface area (Å²) in [7, 11) is 0. The van der Waals surface area contributed by atoms with Gasteiger partial charge in [0.05, 0.1) is 16.7 Å². The van der Waals surface area contributed by atoms with Gasteiger partial charge in [-0.3, -0.25) is 4.79 Å². The summed E-state index contributed by atoms with van der Waals surface area (Å²) in [6, 6.07) is 4.88. The number of amides is 1. The van der Waals surface area contributed by atoms with Gasteiger partial charge in [0, 0.05) is 13.1 Å². The number of benzene rings is 1. The molecule has 1 fully saturated rings. The Bertz CT molecular complexity index is 703. The Balaban J connectivity index is 2.35. The van der Waals surface area contributed by atoms with Gasteiger partial charge in [-0.1, -0.05) is 29.3 Å². The molecule has 8 heteroatoms. The molecular weight excluding hydrogens is 381 g/mol. The predicted molar refractivity (Wildman–Crippen MR) is 98.7 cm³/mol. The highest BCUT2D eigenvalue weighted by Gasteiger charge is 2.48. The molecule has 0 saturated carbocycles. The number of hydrogen-bond donors (Lipinski definition) is 1. The number of nitrogens with zero attached hydrogens (tertiary/aromatic N) is 1. The molecule has 1 heterocycles. The summed E-state index contributed by atoms with van der Waals surface area (Å²) in [5.41, 5.74) is -1.47. The van der Waals surface area contributed by atoms with Crippen molar-refractivity contribution in [1.29, 1.82) is 0 Å². The Morgan fingerprint density at radius 3 is 2.50 bits per heavy atom. The number of carboxylic acid groups (broad SMARTS) is 1. The van der Waals surface area contributed by atoms with Crippen LogP contribution >= 0.6 is 23.2 Å². The van der Waals surface area contributed by atoms with Gasteiger partial charge in [0.2, 0.25) is 0 Å². The van der Waals surface area contributed by atoms with E-state index in [1.165, 1.54) is 4.90 Å². The molecule has 0 spiro atoms. The Morgan fingerprint density at radius 2 is 1.96 bits per heavy atom. The summed E-state index contributed by atoms with van der Waals surface area (Å²) in [6.07, 6.45) is -1.36. The smallest absolute Gasteiger partial charge is 0.410 e. The maximum absolute atomic E-state index is 12.4. The number of rotatable bonds is 2. The lowest BCUT2D eigenvalue weighted by molar-refractivity contribution is -0.157. The van der Waals surface area contributed by atoms with Crippen LogP contribution in [-0.4, -0.2) is 47.4 Å². The van der Waals surface area contributed by atoms with Crippen LogP contribution in [0.25, 0.3) is 0 Å². The van der Waals surface area contributed by atoms with Gasteiger partial charge in [-0.15, -0.1) is 0 Å². The zero-order valence-electron chi connectivity index (χ0n) is 15.2. The third-order valence-electron chi connectivity index (χ3n) is 4.13. The van der Waals surface area contributed by atoms with Gasteiger partial charge in [-0.2, -0.15) is 0 Å². The minimum absolute atomic E-state index is 0.0534. The van der Waals surface area contributed by atoms with Crippen molar-refractivity contribution in [2.45, 2.75) is 39.4 Å². The quantitative estimate of drug-likeness (QED) is 0.791. The summed E-state index contributed by atoms with van der Waals surface area (Å²) >= 11 is 12.0. The number of ether oxygens (including phenoxy) is 2. The van der Waals surface area contributed by atoms with Crippen molar-refractivity contribution in [2.75, 3.05) is 19.7 Å². The molecule has 0 unspecified atom stereocenters. The van der Waals surface area contributed by atoms with Crippen LogP contribution in [0.3, 0.4) is 0 Å². The molecule has 0 radical (unpaired) electrons. The molecule has 2 rings (SSSR count). The normalized spacial score (nSPS) is 24.1. The summed E-state index contributed by atoms with van der Waals surface area (Å²) in [4.78, 5) is 25.9. The molecule has 1 aromatic carbocycles. The van der Waals surface area contributed by atoms with E-state index in [0.717, 1.165) is 0 Å². The molecule has 1 amide bonds. The molecule has 0 aliphatic carbocycles. The first-order chi connectivity index (χ1) is 11.9. The van der Waals surface area contributed by atoms with Crippen LogP contribution in [0.1, 0.15) is 39.4 Å². The molecule has 1 saturated heterocycles. The highest BCUT2D eigenvalue weighted by molar-refractivity contribution is 6.42. The highest BCUT2D eigenvalue weighted by atomic mass is 35.5. The average molecular weight is 404 g/mol. The number of carboxylic acids is 1. The molecule has 1 aromatic rings. The van der Waals surface area contributed by atoms with E-state index in [1.54, 1.807) is 45.9 Å². The Hall–Kier alpha value is -1.50. The fraction of sp³-hybridized carbons (Fsp3) is 0.556. The summed E-state index contributed by atoms with van der Waals surface area (Å²) in [5, 5.41) is 10.6. The molecule has 144 valence electrons. The maximum Gasteiger partial charge on any atom is 0.410 e. The van der Waals surface area contributed by atoms with Crippen LogP contribution in [0, 0.1) is 5.41 Å². The number of halogens is 2. The largest absolute Gasteiger partial charge is 0.481 e. The van der Waals surface area contributed by atoms with Crippen molar-refractivity contribution < 1.29 is 24.2 Å². The van der Waals surface area contributed by atoms with E-state index in [0.29, 0.717) is 15.6 Å². The van der Waals surface area contributed by atoms with E-state index in [2.05, 4.69) is 0 Å². The first-order valence-electron chi connectivity index (χ1n) is 8.22. The van der Waals surface area contributed by atoms with Gasteiger partial charge in [0.15, 0.2) is 0 Å². The van der Waals surface area contributed by atoms with Crippen molar-refractivity contribution in [3.05, 3.63) is 33.8 Å². The lowest BCUT2D eigenvalue weighted by Gasteiger charge is -2.34. The first-order valence-corrected chi connectivity index (χ1v) is 8.97. The molecule has 1 N–H and O–H groups in total. The second kappa shape index (κ2) is 7.62. The molecule has 0 bridgehead atoms. The van der Waals surface area contributed by atoms with Gasteiger partial charge in [-0.25, -0.2) is 4.79 Å². The third kappa shape index (κ3) is 4.61. The summed E-state index contributed by atoms with van der Waals surface area (Å²) < 4.78 is 11.2. The van der Waals surface area contributed by atoms with Crippen molar-refractivity contribution in [3.63, 3.8) is 0 Å². The molecule has 26 heavy (non-hydrogen) atoms. The average Bonchev–Trinajstić information content (AvgIpc) is 2.69. The highest BCUT2D eigenvalue weighted by Crippen LogP contribution is 2.41. The Morgan fingerprint density at radius 1 is 1.31 bits per heavy atom. The van der Waals surface area contributed by atoms with E-state index in [9.17, 15) is 14.7 Å². The molecule has 0 aromatic heterocycles. The molecule has 2 atom stereocenters. The molecule has 1 aliphatic rings. The first kappa shape index (κ1) is 20.8. The molecular formula is C18H23Cl2NO5. The van der Waals surface area contributed by atoms with Gasteiger partial charge in [-0.05, 0) is 45.4 Å². The topological polar surface area (TPSA) is 76.1 Å². The molecule has 1 aliphatic heterocycles. The number of hydrogen-bond acceptors (Lipinski definition) is 4. The fourth-order valence-corrected chi connectivity index (χ4v) is 3.13. The monoisotopic (exact) mass is 403 g/mol. The van der Waals surface area contributed by atoms with Crippen LogP contribution in [0.2, 0.25) is 10.0 Å². The van der Waals surface area contributed by atoms with Crippen molar-refractivity contribution in [1.82, 2.24) is 4.90 Å². The maximum atomic E-state index is 12.4. The van der Waals surface area contributed by atoms with Gasteiger partial charge < -0.3 is 19.5 Å². The lowest BCUT2D eigenvalue weighted by atomic mass is 9.80. The second-order valence-electron chi connectivity index (χ2n) is 7.55. The number of aliphatic carboxylic acids is 1. The zero-order chi connectivity index (χ0) is 19.7. The van der Waals surface area contributed by atoms with Crippen LogP contribution in [0.5, 0.6) is 0 Å². The fourth-order valence-electron chi connectivity index (χ4n) is 2.82. The van der Waals surface area contributed by atoms with Crippen molar-refractivity contribution >= 4 is 35.3 Å². The van der Waals surface area contributed by atoms with E-state index in [1.807, 2.05) is 0 Å². The van der Waals surface area contributed by atoms with Crippen LogP contribution < -0.4 is 0 Å². The summed E-state index contributed by atoms with van der Waals surface area (Å²) in [5.74, 6) is -1.08. The van der Waals surface area contributed by atoms with Crippen LogP contribution in [0.4, 0.5) is 4.79 Å². The second-order valence-corrected chi connectivity index (χ2v) is 8.36. The van der Waals surface area contributed by atoms with E-state index < -0.39 is 29.2 Å². The minimum atomic E-state index is -1.38. The third-order valence-corrected chi connectivity index (χ3v) is 4.87. The van der Waals surface area contributed by atoms with Gasteiger partial charge in [0.1, 0.15) is 17.1 Å². The van der Waals surface area contributed by atoms with Crippen molar-refractivity contribution in [3.8, 4) is 0 Å². The minimum Gasteiger partial charge on any atom is -0.481 e. The van der Waals surface area contributed by atoms with E-state index >= 15 is 0 Å². The van der Waals surface area contributed by atoms with Crippen LogP contribution in [-0.2, 0) is 14.3 Å². The predicted octanol–water partition coefficient (Wildman–Crippen LogP) is 4.39. The zero-order valence-corrected chi connectivity index (χ0v) is 16.7. The number of carbonyl (C=O) groups is 2. The lowest BCUT2D eigenvalue weighted by Crippen LogP contribution is -2.47. The standard InChI is InChI=1S/C18H23Cl2NO5/c1-17(2,3)26-16(24)21-7-8-25-14(18(4,10-21)15(22)23)11-5-6-12(19)13(20)9-11/h5-6,9,14H,7-8,10H2,1-4H3,(H,22,23)/t14-,18-/m1/s1. The van der Waals surface area contributed by atoms with Crippen molar-refractivity contribution in [2.24, 2.45) is 5.41 Å². The van der Waals surface area contributed by atoms with Gasteiger partial charge in [0.25, 0.3) is 0 Å².